The number of hydrogen-bond donors (Lipinski definition) is 1. The molecule has 33 heavy (non-hydrogen) atoms. The van der Waals surface area contributed by atoms with Crippen LogP contribution in [0.2, 0.25) is 0 Å². The molecule has 3 aromatic rings. The van der Waals surface area contributed by atoms with E-state index < -0.39 is 10.0 Å². The average molecular weight is 469 g/mol. The first-order valence-electron chi connectivity index (χ1n) is 10.9. The predicted molar refractivity (Wildman–Crippen MR) is 126 cm³/mol. The summed E-state index contributed by atoms with van der Waals surface area (Å²) in [5, 5.41) is 3.91. The molecule has 4 rings (SSSR count). The second-order valence-electron chi connectivity index (χ2n) is 8.46. The Morgan fingerprint density at radius 3 is 2.48 bits per heavy atom. The molecular formula is C24H28N4O4S. The van der Waals surface area contributed by atoms with Crippen LogP contribution in [0.25, 0.3) is 0 Å². The van der Waals surface area contributed by atoms with Gasteiger partial charge in [-0.1, -0.05) is 23.4 Å². The number of sulfonamides is 1. The SMILES string of the molecule is Cc1ccc(C)c(S(=O)(=O)Nc2cccc(C(=O)N3CCN(Cc4cc(C)no4)CC3)c2)c1. The van der Waals surface area contributed by atoms with Crippen molar-refractivity contribution in [1.29, 1.82) is 0 Å². The molecule has 9 heteroatoms. The fraction of sp³-hybridized carbons (Fsp3) is 0.333. The van der Waals surface area contributed by atoms with Crippen molar-refractivity contribution in [2.24, 2.45) is 0 Å². The molecule has 174 valence electrons. The Morgan fingerprint density at radius 1 is 1.03 bits per heavy atom. The Kier molecular flexibility index (Phi) is 6.53. The van der Waals surface area contributed by atoms with Crippen molar-refractivity contribution >= 4 is 21.6 Å². The molecule has 1 aliphatic heterocycles. The summed E-state index contributed by atoms with van der Waals surface area (Å²) in [7, 11) is -3.76. The number of nitrogens with zero attached hydrogens (tertiary/aromatic N) is 3. The number of carbonyl (C=O) groups excluding carboxylic acids is 1. The third kappa shape index (κ3) is 5.43. The van der Waals surface area contributed by atoms with E-state index in [1.807, 2.05) is 26.0 Å². The van der Waals surface area contributed by atoms with Gasteiger partial charge >= 0.3 is 0 Å². The van der Waals surface area contributed by atoms with Gasteiger partial charge < -0.3 is 9.42 Å². The molecule has 1 fully saturated rings. The van der Waals surface area contributed by atoms with Gasteiger partial charge in [0.1, 0.15) is 0 Å². The van der Waals surface area contributed by atoms with E-state index in [0.29, 0.717) is 36.4 Å². The fourth-order valence-electron chi connectivity index (χ4n) is 3.93. The van der Waals surface area contributed by atoms with Crippen LogP contribution in [0.4, 0.5) is 5.69 Å². The molecule has 0 atom stereocenters. The summed E-state index contributed by atoms with van der Waals surface area (Å²) >= 11 is 0. The number of carbonyl (C=O) groups is 1. The first kappa shape index (κ1) is 23.0. The van der Waals surface area contributed by atoms with Crippen LogP contribution < -0.4 is 4.72 Å². The molecule has 1 N–H and O–H groups in total. The van der Waals surface area contributed by atoms with Crippen LogP contribution in [0.3, 0.4) is 0 Å². The maximum absolute atomic E-state index is 13.1. The van der Waals surface area contributed by atoms with Gasteiger partial charge in [-0.25, -0.2) is 8.42 Å². The number of anilines is 1. The van der Waals surface area contributed by atoms with E-state index in [1.165, 1.54) is 0 Å². The van der Waals surface area contributed by atoms with Crippen molar-refractivity contribution in [3.8, 4) is 0 Å². The molecule has 0 bridgehead atoms. The molecule has 1 saturated heterocycles. The van der Waals surface area contributed by atoms with E-state index in [4.69, 9.17) is 4.52 Å². The van der Waals surface area contributed by atoms with Crippen molar-refractivity contribution in [3.05, 3.63) is 76.7 Å². The van der Waals surface area contributed by atoms with E-state index in [-0.39, 0.29) is 10.8 Å². The zero-order valence-electron chi connectivity index (χ0n) is 19.0. The summed E-state index contributed by atoms with van der Waals surface area (Å²) in [6.07, 6.45) is 0. The smallest absolute Gasteiger partial charge is 0.262 e. The first-order chi connectivity index (χ1) is 15.7. The molecule has 1 aliphatic rings. The number of rotatable bonds is 6. The minimum Gasteiger partial charge on any atom is -0.360 e. The highest BCUT2D eigenvalue weighted by Gasteiger charge is 2.24. The second-order valence-corrected chi connectivity index (χ2v) is 10.1. The van der Waals surface area contributed by atoms with Crippen molar-refractivity contribution in [3.63, 3.8) is 0 Å². The van der Waals surface area contributed by atoms with Crippen LogP contribution in [0, 0.1) is 20.8 Å². The maximum Gasteiger partial charge on any atom is 0.262 e. The van der Waals surface area contributed by atoms with E-state index in [0.717, 1.165) is 30.1 Å². The lowest BCUT2D eigenvalue weighted by Gasteiger charge is -2.34. The number of piperazine rings is 1. The predicted octanol–water partition coefficient (Wildman–Crippen LogP) is 3.36. The molecule has 1 amide bonds. The Hall–Kier alpha value is -3.17. The van der Waals surface area contributed by atoms with Crippen molar-refractivity contribution < 1.29 is 17.7 Å². The second kappa shape index (κ2) is 9.36. The molecule has 0 spiro atoms. The highest BCUT2D eigenvalue weighted by atomic mass is 32.2. The zero-order chi connectivity index (χ0) is 23.6. The van der Waals surface area contributed by atoms with Crippen LogP contribution in [0.1, 0.15) is 32.9 Å². The highest BCUT2D eigenvalue weighted by Crippen LogP contribution is 2.22. The van der Waals surface area contributed by atoms with Gasteiger partial charge in [0.05, 0.1) is 17.1 Å². The Labute approximate surface area is 194 Å². The normalized spacial score (nSPS) is 14.9. The molecule has 0 saturated carbocycles. The number of benzene rings is 2. The lowest BCUT2D eigenvalue weighted by molar-refractivity contribution is 0.0617. The lowest BCUT2D eigenvalue weighted by Crippen LogP contribution is -2.48. The summed E-state index contributed by atoms with van der Waals surface area (Å²) in [6, 6.07) is 13.9. The maximum atomic E-state index is 13.1. The molecule has 1 aromatic heterocycles. The summed E-state index contributed by atoms with van der Waals surface area (Å²) in [6.45, 7) is 8.79. The minimum atomic E-state index is -3.76. The first-order valence-corrected chi connectivity index (χ1v) is 12.3. The molecule has 0 unspecified atom stereocenters. The Bertz CT molecular complexity index is 1260. The van der Waals surface area contributed by atoms with Gasteiger partial charge in [-0.15, -0.1) is 0 Å². The van der Waals surface area contributed by atoms with E-state index >= 15 is 0 Å². The Balaban J connectivity index is 1.41. The van der Waals surface area contributed by atoms with Gasteiger partial charge in [-0.3, -0.25) is 14.4 Å². The van der Waals surface area contributed by atoms with Gasteiger partial charge in [0, 0.05) is 43.5 Å². The third-order valence-electron chi connectivity index (χ3n) is 5.71. The fourth-order valence-corrected chi connectivity index (χ4v) is 5.31. The standard InChI is InChI=1S/C24H28N4O4S/c1-17-7-8-18(2)23(13-17)33(30,31)26-21-6-4-5-20(15-21)24(29)28-11-9-27(10-12-28)16-22-14-19(3)25-32-22/h4-8,13-15,26H,9-12,16H2,1-3H3. The highest BCUT2D eigenvalue weighted by molar-refractivity contribution is 7.92. The molecule has 2 heterocycles. The van der Waals surface area contributed by atoms with Crippen LogP contribution >= 0.6 is 0 Å². The van der Waals surface area contributed by atoms with Crippen LogP contribution in [0.5, 0.6) is 0 Å². The van der Waals surface area contributed by atoms with E-state index in [1.54, 1.807) is 48.2 Å². The third-order valence-corrected chi connectivity index (χ3v) is 7.23. The number of aromatic nitrogens is 1. The summed E-state index contributed by atoms with van der Waals surface area (Å²) in [4.78, 5) is 17.3. The summed E-state index contributed by atoms with van der Waals surface area (Å²) in [5.41, 5.74) is 3.20. The average Bonchev–Trinajstić information content (AvgIpc) is 3.19. The number of amides is 1. The Morgan fingerprint density at radius 2 is 1.79 bits per heavy atom. The molecule has 8 nitrogen and oxygen atoms in total. The van der Waals surface area contributed by atoms with Crippen LogP contribution in [-0.2, 0) is 16.6 Å². The molecule has 0 radical (unpaired) electrons. The van der Waals surface area contributed by atoms with Gasteiger partial charge in [0.2, 0.25) is 0 Å². The van der Waals surface area contributed by atoms with Crippen LogP contribution in [-0.4, -0.2) is 55.5 Å². The van der Waals surface area contributed by atoms with Crippen molar-refractivity contribution in [2.75, 3.05) is 30.9 Å². The van der Waals surface area contributed by atoms with E-state index in [9.17, 15) is 13.2 Å². The number of hydrogen-bond acceptors (Lipinski definition) is 6. The van der Waals surface area contributed by atoms with Crippen molar-refractivity contribution in [2.45, 2.75) is 32.2 Å². The van der Waals surface area contributed by atoms with Gasteiger partial charge in [0.15, 0.2) is 5.76 Å². The number of aryl methyl sites for hydroxylation is 3. The topological polar surface area (TPSA) is 95.8 Å². The monoisotopic (exact) mass is 468 g/mol. The molecule has 2 aromatic carbocycles. The largest absolute Gasteiger partial charge is 0.360 e. The molecule has 0 aliphatic carbocycles. The summed E-state index contributed by atoms with van der Waals surface area (Å²) < 4.78 is 33.7. The lowest BCUT2D eigenvalue weighted by atomic mass is 10.1. The minimum absolute atomic E-state index is 0.113. The van der Waals surface area contributed by atoms with Gasteiger partial charge in [-0.2, -0.15) is 0 Å². The van der Waals surface area contributed by atoms with Crippen molar-refractivity contribution in [1.82, 2.24) is 15.0 Å². The zero-order valence-corrected chi connectivity index (χ0v) is 19.9. The van der Waals surface area contributed by atoms with E-state index in [2.05, 4.69) is 14.8 Å². The van der Waals surface area contributed by atoms with Crippen LogP contribution in [0.15, 0.2) is 57.9 Å². The summed E-state index contributed by atoms with van der Waals surface area (Å²) in [5.74, 6) is 0.703. The van der Waals surface area contributed by atoms with Gasteiger partial charge in [0.25, 0.3) is 15.9 Å². The van der Waals surface area contributed by atoms with Gasteiger partial charge in [-0.05, 0) is 56.2 Å². The number of nitrogens with one attached hydrogen (secondary N) is 1. The molecular weight excluding hydrogens is 440 g/mol. The quantitative estimate of drug-likeness (QED) is 0.596.